The van der Waals surface area contributed by atoms with Crippen LogP contribution in [0.2, 0.25) is 0 Å². The molecule has 21 heavy (non-hydrogen) atoms. The van der Waals surface area contributed by atoms with Crippen LogP contribution in [-0.2, 0) is 16.0 Å². The van der Waals surface area contributed by atoms with Crippen molar-refractivity contribution >= 4 is 11.9 Å². The van der Waals surface area contributed by atoms with Crippen molar-refractivity contribution in [2.45, 2.75) is 44.6 Å². The van der Waals surface area contributed by atoms with Crippen molar-refractivity contribution in [2.24, 2.45) is 5.92 Å². The highest BCUT2D eigenvalue weighted by atomic mass is 19.1. The third-order valence-corrected chi connectivity index (χ3v) is 3.94. The van der Waals surface area contributed by atoms with Gasteiger partial charge in [-0.2, -0.15) is 0 Å². The molecule has 1 aliphatic rings. The Bertz CT molecular complexity index is 501. The number of hydrogen-bond acceptors (Lipinski definition) is 2. The number of nitrogens with one attached hydrogen (secondary N) is 1. The molecule has 1 amide bonds. The average molecular weight is 293 g/mol. The van der Waals surface area contributed by atoms with Gasteiger partial charge in [-0.1, -0.05) is 18.6 Å². The first-order valence-electron chi connectivity index (χ1n) is 7.31. The summed E-state index contributed by atoms with van der Waals surface area (Å²) in [5.41, 5.74) is 0.915. The number of carboxylic acids is 1. The number of rotatable bonds is 5. The fourth-order valence-corrected chi connectivity index (χ4v) is 2.75. The van der Waals surface area contributed by atoms with Gasteiger partial charge in [0, 0.05) is 12.5 Å². The number of halogens is 1. The summed E-state index contributed by atoms with van der Waals surface area (Å²) in [6.45, 7) is 0. The van der Waals surface area contributed by atoms with Crippen LogP contribution < -0.4 is 5.32 Å². The molecule has 2 N–H and O–H groups in total. The summed E-state index contributed by atoms with van der Waals surface area (Å²) in [5.74, 6) is -1.48. The summed E-state index contributed by atoms with van der Waals surface area (Å²) in [5, 5.41) is 11.9. The molecule has 1 saturated carbocycles. The minimum Gasteiger partial charge on any atom is -0.481 e. The SMILES string of the molecule is O=C(CCc1ccc(F)cc1)NC1CCCC(C(=O)O)C1. The number of hydrogen-bond donors (Lipinski definition) is 2. The van der Waals surface area contributed by atoms with Crippen LogP contribution in [0.4, 0.5) is 4.39 Å². The first-order chi connectivity index (χ1) is 10.0. The van der Waals surface area contributed by atoms with E-state index in [0.717, 1.165) is 18.4 Å². The fourth-order valence-electron chi connectivity index (χ4n) is 2.75. The molecule has 0 aromatic heterocycles. The van der Waals surface area contributed by atoms with Crippen LogP contribution in [0, 0.1) is 11.7 Å². The molecule has 5 heteroatoms. The molecule has 114 valence electrons. The zero-order chi connectivity index (χ0) is 15.2. The van der Waals surface area contributed by atoms with Crippen molar-refractivity contribution in [3.63, 3.8) is 0 Å². The molecule has 1 aliphatic carbocycles. The first kappa shape index (κ1) is 15.5. The van der Waals surface area contributed by atoms with Crippen LogP contribution in [0.5, 0.6) is 0 Å². The minimum atomic E-state index is -0.778. The number of carbonyl (C=O) groups is 2. The van der Waals surface area contributed by atoms with Crippen molar-refractivity contribution in [3.05, 3.63) is 35.6 Å². The van der Waals surface area contributed by atoms with Gasteiger partial charge in [0.2, 0.25) is 5.91 Å². The zero-order valence-corrected chi connectivity index (χ0v) is 11.8. The quantitative estimate of drug-likeness (QED) is 0.876. The Morgan fingerprint density at radius 2 is 1.95 bits per heavy atom. The maximum Gasteiger partial charge on any atom is 0.306 e. The summed E-state index contributed by atoms with van der Waals surface area (Å²) in [7, 11) is 0. The molecule has 1 aromatic rings. The third kappa shape index (κ3) is 4.85. The minimum absolute atomic E-state index is 0.0411. The summed E-state index contributed by atoms with van der Waals surface area (Å²) in [4.78, 5) is 22.9. The van der Waals surface area contributed by atoms with Gasteiger partial charge in [0.05, 0.1) is 5.92 Å². The number of carbonyl (C=O) groups excluding carboxylic acids is 1. The second-order valence-electron chi connectivity index (χ2n) is 5.59. The molecule has 0 radical (unpaired) electrons. The number of aryl methyl sites for hydroxylation is 1. The molecule has 1 aromatic carbocycles. The Morgan fingerprint density at radius 3 is 2.62 bits per heavy atom. The highest BCUT2D eigenvalue weighted by Gasteiger charge is 2.27. The molecule has 2 atom stereocenters. The van der Waals surface area contributed by atoms with Crippen molar-refractivity contribution in [1.82, 2.24) is 5.32 Å². The lowest BCUT2D eigenvalue weighted by atomic mass is 9.85. The Labute approximate surface area is 123 Å². The topological polar surface area (TPSA) is 66.4 Å². The standard InChI is InChI=1S/C16H20FNO3/c17-13-7-4-11(5-8-13)6-9-15(19)18-14-3-1-2-12(10-14)16(20)21/h4-5,7-8,12,14H,1-3,6,9-10H2,(H,18,19)(H,20,21). The second-order valence-corrected chi connectivity index (χ2v) is 5.59. The Kier molecular flexibility index (Phi) is 5.31. The number of amides is 1. The van der Waals surface area contributed by atoms with E-state index in [4.69, 9.17) is 5.11 Å². The Morgan fingerprint density at radius 1 is 1.24 bits per heavy atom. The second kappa shape index (κ2) is 7.20. The predicted octanol–water partition coefficient (Wildman–Crippen LogP) is 2.52. The molecule has 0 saturated heterocycles. The van der Waals surface area contributed by atoms with Gasteiger partial charge in [-0.25, -0.2) is 4.39 Å². The van der Waals surface area contributed by atoms with E-state index in [1.807, 2.05) is 0 Å². The van der Waals surface area contributed by atoms with E-state index >= 15 is 0 Å². The van der Waals surface area contributed by atoms with Gasteiger partial charge in [-0.05, 0) is 43.4 Å². The molecule has 2 rings (SSSR count). The molecular weight excluding hydrogens is 273 g/mol. The molecule has 0 aliphatic heterocycles. The van der Waals surface area contributed by atoms with Gasteiger partial charge in [0.25, 0.3) is 0 Å². The van der Waals surface area contributed by atoms with E-state index in [0.29, 0.717) is 25.7 Å². The zero-order valence-electron chi connectivity index (χ0n) is 11.8. The van der Waals surface area contributed by atoms with Gasteiger partial charge in [-0.15, -0.1) is 0 Å². The van der Waals surface area contributed by atoms with Gasteiger partial charge >= 0.3 is 5.97 Å². The Hall–Kier alpha value is -1.91. The molecule has 2 unspecified atom stereocenters. The van der Waals surface area contributed by atoms with E-state index in [2.05, 4.69) is 5.32 Å². The number of benzene rings is 1. The van der Waals surface area contributed by atoms with Gasteiger partial charge < -0.3 is 10.4 Å². The summed E-state index contributed by atoms with van der Waals surface area (Å²) in [6, 6.07) is 6.06. The lowest BCUT2D eigenvalue weighted by Crippen LogP contribution is -2.40. The normalized spacial score (nSPS) is 21.8. The van der Waals surface area contributed by atoms with Gasteiger partial charge in [0.15, 0.2) is 0 Å². The lowest BCUT2D eigenvalue weighted by molar-refractivity contribution is -0.143. The highest BCUT2D eigenvalue weighted by Crippen LogP contribution is 2.24. The molecular formula is C16H20FNO3. The van der Waals surface area contributed by atoms with Crippen LogP contribution in [-0.4, -0.2) is 23.0 Å². The predicted molar refractivity (Wildman–Crippen MR) is 76.2 cm³/mol. The molecule has 4 nitrogen and oxygen atoms in total. The molecule has 0 spiro atoms. The summed E-state index contributed by atoms with van der Waals surface area (Å²) >= 11 is 0. The molecule has 0 heterocycles. The van der Waals surface area contributed by atoms with Crippen molar-refractivity contribution < 1.29 is 19.1 Å². The Balaban J connectivity index is 1.76. The maximum atomic E-state index is 12.8. The van der Waals surface area contributed by atoms with Gasteiger partial charge in [0.1, 0.15) is 5.82 Å². The number of aliphatic carboxylic acids is 1. The maximum absolute atomic E-state index is 12.8. The van der Waals surface area contributed by atoms with Crippen molar-refractivity contribution in [3.8, 4) is 0 Å². The van der Waals surface area contributed by atoms with Crippen LogP contribution in [0.15, 0.2) is 24.3 Å². The fraction of sp³-hybridized carbons (Fsp3) is 0.500. The molecule has 1 fully saturated rings. The van der Waals surface area contributed by atoms with E-state index in [1.165, 1.54) is 12.1 Å². The van der Waals surface area contributed by atoms with Crippen molar-refractivity contribution in [1.29, 1.82) is 0 Å². The van der Waals surface area contributed by atoms with Crippen LogP contribution in [0.25, 0.3) is 0 Å². The molecule has 0 bridgehead atoms. The summed E-state index contributed by atoms with van der Waals surface area (Å²) < 4.78 is 12.8. The smallest absolute Gasteiger partial charge is 0.306 e. The summed E-state index contributed by atoms with van der Waals surface area (Å²) in [6.07, 6.45) is 3.77. The van der Waals surface area contributed by atoms with Gasteiger partial charge in [-0.3, -0.25) is 9.59 Å². The van der Waals surface area contributed by atoms with E-state index in [-0.39, 0.29) is 23.7 Å². The van der Waals surface area contributed by atoms with Crippen LogP contribution in [0.3, 0.4) is 0 Å². The first-order valence-corrected chi connectivity index (χ1v) is 7.31. The van der Waals surface area contributed by atoms with E-state index in [9.17, 15) is 14.0 Å². The largest absolute Gasteiger partial charge is 0.481 e. The monoisotopic (exact) mass is 293 g/mol. The third-order valence-electron chi connectivity index (χ3n) is 3.94. The highest BCUT2D eigenvalue weighted by molar-refractivity contribution is 5.76. The van der Waals surface area contributed by atoms with Crippen LogP contribution >= 0.6 is 0 Å². The van der Waals surface area contributed by atoms with Crippen molar-refractivity contribution in [2.75, 3.05) is 0 Å². The average Bonchev–Trinajstić information content (AvgIpc) is 2.47. The van der Waals surface area contributed by atoms with Crippen LogP contribution in [0.1, 0.15) is 37.7 Å². The number of carboxylic acid groups (broad SMARTS) is 1. The van der Waals surface area contributed by atoms with E-state index < -0.39 is 5.97 Å². The lowest BCUT2D eigenvalue weighted by Gasteiger charge is -2.27. The van der Waals surface area contributed by atoms with E-state index in [1.54, 1.807) is 12.1 Å².